The topological polar surface area (TPSA) is 103 Å². The first-order valence-electron chi connectivity index (χ1n) is 9.10. The van der Waals surface area contributed by atoms with E-state index in [-0.39, 0.29) is 5.56 Å². The number of pyridine rings is 1. The number of ether oxygens (including phenoxy) is 2. The van der Waals surface area contributed by atoms with Crippen molar-refractivity contribution in [1.29, 1.82) is 0 Å². The van der Waals surface area contributed by atoms with Gasteiger partial charge in [-0.05, 0) is 6.07 Å². The third-order valence-corrected chi connectivity index (χ3v) is 5.79. The molecule has 0 amide bonds. The highest BCUT2D eigenvalue weighted by molar-refractivity contribution is 7.09. The minimum atomic E-state index is -1.28. The van der Waals surface area contributed by atoms with Gasteiger partial charge in [0, 0.05) is 61.3 Å². The number of aromatic nitrogens is 2. The molecule has 4 rings (SSSR count). The van der Waals surface area contributed by atoms with E-state index in [4.69, 9.17) is 21.1 Å². The summed E-state index contributed by atoms with van der Waals surface area (Å²) in [4.78, 5) is 28.2. The predicted molar refractivity (Wildman–Crippen MR) is 114 cm³/mol. The van der Waals surface area contributed by atoms with Crippen LogP contribution in [0.15, 0.2) is 40.8 Å². The van der Waals surface area contributed by atoms with Crippen molar-refractivity contribution in [2.24, 2.45) is 0 Å². The van der Waals surface area contributed by atoms with Crippen LogP contribution in [0.4, 0.5) is 5.69 Å². The fourth-order valence-corrected chi connectivity index (χ4v) is 4.19. The lowest BCUT2D eigenvalue weighted by molar-refractivity contribution is 0.0694. The number of benzene rings is 1. The van der Waals surface area contributed by atoms with Crippen molar-refractivity contribution in [3.05, 3.63) is 61.8 Å². The third-order valence-electron chi connectivity index (χ3n) is 4.66. The van der Waals surface area contributed by atoms with E-state index in [2.05, 4.69) is 10.3 Å². The van der Waals surface area contributed by atoms with E-state index in [9.17, 15) is 14.7 Å². The zero-order chi connectivity index (χ0) is 21.3. The van der Waals surface area contributed by atoms with Gasteiger partial charge in [0.15, 0.2) is 11.6 Å². The minimum Gasteiger partial charge on any atom is -0.492 e. The molecule has 0 bridgehead atoms. The van der Waals surface area contributed by atoms with Gasteiger partial charge in [-0.1, -0.05) is 11.6 Å². The van der Waals surface area contributed by atoms with Crippen molar-refractivity contribution in [1.82, 2.24) is 9.55 Å². The molecule has 1 aromatic carbocycles. The van der Waals surface area contributed by atoms with Crippen LogP contribution >= 0.6 is 22.9 Å². The fraction of sp³-hybridized carbons (Fsp3) is 0.250. The quantitative estimate of drug-likeness (QED) is 0.532. The van der Waals surface area contributed by atoms with Gasteiger partial charge in [-0.3, -0.25) is 4.79 Å². The van der Waals surface area contributed by atoms with Gasteiger partial charge in [-0.15, -0.1) is 11.3 Å². The normalized spacial score (nSPS) is 14.5. The van der Waals surface area contributed by atoms with Crippen LogP contribution in [0.1, 0.15) is 28.0 Å². The van der Waals surface area contributed by atoms with Crippen LogP contribution in [-0.4, -0.2) is 41.0 Å². The molecule has 0 fully saturated rings. The molecule has 3 heterocycles. The van der Waals surface area contributed by atoms with E-state index < -0.39 is 17.6 Å². The highest BCUT2D eigenvalue weighted by Gasteiger charge is 2.29. The number of carboxylic acids is 1. The molecule has 2 N–H and O–H groups in total. The molecule has 3 aromatic rings. The standard InChI is InChI=1S/C20H18ClN3O5S/c1-28-4-2-5-29-17-8-14-11(7-13(17)21)15-9-16(25)12(20(26)27)10-24(15)18(23-14)19-22-3-6-30-19/h3,6-10,18,23H,2,4-5H2,1H3,(H,26,27). The van der Waals surface area contributed by atoms with Gasteiger partial charge in [0.2, 0.25) is 0 Å². The summed E-state index contributed by atoms with van der Waals surface area (Å²) in [6.45, 7) is 1.02. The van der Waals surface area contributed by atoms with E-state index in [1.165, 1.54) is 23.6 Å². The number of halogens is 1. The molecule has 1 aliphatic heterocycles. The van der Waals surface area contributed by atoms with Crippen molar-refractivity contribution >= 4 is 34.6 Å². The van der Waals surface area contributed by atoms with E-state index in [1.807, 2.05) is 5.38 Å². The number of carboxylic acid groups (broad SMARTS) is 1. The van der Waals surface area contributed by atoms with Crippen molar-refractivity contribution in [3.8, 4) is 17.0 Å². The van der Waals surface area contributed by atoms with E-state index in [0.717, 1.165) is 11.4 Å². The molecule has 0 spiro atoms. The van der Waals surface area contributed by atoms with Gasteiger partial charge in [-0.2, -0.15) is 0 Å². The Hall–Kier alpha value is -2.88. The second kappa shape index (κ2) is 8.47. The molecule has 156 valence electrons. The molecule has 8 nitrogen and oxygen atoms in total. The van der Waals surface area contributed by atoms with Gasteiger partial charge in [0.25, 0.3) is 0 Å². The minimum absolute atomic E-state index is 0.310. The molecule has 1 aliphatic rings. The van der Waals surface area contributed by atoms with Gasteiger partial charge in [-0.25, -0.2) is 9.78 Å². The molecule has 10 heteroatoms. The number of anilines is 1. The molecule has 0 radical (unpaired) electrons. The second-order valence-corrected chi connectivity index (χ2v) is 7.92. The maximum atomic E-state index is 12.4. The number of rotatable bonds is 7. The maximum Gasteiger partial charge on any atom is 0.341 e. The molecule has 0 saturated heterocycles. The lowest BCUT2D eigenvalue weighted by Gasteiger charge is -2.31. The monoisotopic (exact) mass is 447 g/mol. The summed E-state index contributed by atoms with van der Waals surface area (Å²) in [5.74, 6) is -0.772. The number of hydrogen-bond acceptors (Lipinski definition) is 7. The summed E-state index contributed by atoms with van der Waals surface area (Å²) >= 11 is 7.84. The molecule has 1 unspecified atom stereocenters. The summed E-state index contributed by atoms with van der Waals surface area (Å²) in [5, 5.41) is 15.7. The number of nitrogens with zero attached hydrogens (tertiary/aromatic N) is 2. The summed E-state index contributed by atoms with van der Waals surface area (Å²) in [7, 11) is 1.63. The zero-order valence-electron chi connectivity index (χ0n) is 15.9. The predicted octanol–water partition coefficient (Wildman–Crippen LogP) is 3.71. The first kappa shape index (κ1) is 20.4. The summed E-state index contributed by atoms with van der Waals surface area (Å²) < 4.78 is 12.5. The first-order valence-corrected chi connectivity index (χ1v) is 10.4. The molecule has 2 aromatic heterocycles. The van der Waals surface area contributed by atoms with Crippen LogP contribution in [0.5, 0.6) is 5.75 Å². The van der Waals surface area contributed by atoms with Crippen LogP contribution in [0.25, 0.3) is 11.3 Å². The van der Waals surface area contributed by atoms with Crippen LogP contribution < -0.4 is 15.5 Å². The largest absolute Gasteiger partial charge is 0.492 e. The second-order valence-electron chi connectivity index (χ2n) is 6.59. The Kier molecular flexibility index (Phi) is 5.76. The average molecular weight is 448 g/mol. The zero-order valence-corrected chi connectivity index (χ0v) is 17.5. The Balaban J connectivity index is 1.81. The average Bonchev–Trinajstić information content (AvgIpc) is 3.25. The van der Waals surface area contributed by atoms with Crippen LogP contribution in [0, 0.1) is 0 Å². The Labute approximate surface area is 180 Å². The SMILES string of the molecule is COCCCOc1cc2c(cc1Cl)-c1cc(=O)c(C(=O)O)cn1C(c1nccs1)N2. The summed E-state index contributed by atoms with van der Waals surface area (Å²) in [5.41, 5.74) is 1.05. The number of carbonyl (C=O) groups is 1. The van der Waals surface area contributed by atoms with Gasteiger partial charge in [0.05, 0.1) is 17.3 Å². The number of fused-ring (bicyclic) bond motifs is 3. The van der Waals surface area contributed by atoms with Crippen molar-refractivity contribution in [3.63, 3.8) is 0 Å². The Morgan fingerprint density at radius 2 is 2.20 bits per heavy atom. The molecular weight excluding hydrogens is 430 g/mol. The number of nitrogens with one attached hydrogen (secondary N) is 1. The molecular formula is C20H18ClN3O5S. The molecule has 1 atom stereocenters. The summed E-state index contributed by atoms with van der Waals surface area (Å²) in [6.07, 6.45) is 3.25. The van der Waals surface area contributed by atoms with Gasteiger partial charge < -0.3 is 24.5 Å². The Morgan fingerprint density at radius 3 is 2.90 bits per heavy atom. The number of methoxy groups -OCH3 is 1. The van der Waals surface area contributed by atoms with Crippen molar-refractivity contribution < 1.29 is 19.4 Å². The lowest BCUT2D eigenvalue weighted by atomic mass is 10.0. The molecule has 0 saturated carbocycles. The first-order chi connectivity index (χ1) is 14.5. The third kappa shape index (κ3) is 3.79. The highest BCUT2D eigenvalue weighted by Crippen LogP contribution is 2.43. The Morgan fingerprint density at radius 1 is 1.37 bits per heavy atom. The smallest absolute Gasteiger partial charge is 0.341 e. The van der Waals surface area contributed by atoms with Crippen LogP contribution in [0.3, 0.4) is 0 Å². The van der Waals surface area contributed by atoms with Crippen molar-refractivity contribution in [2.75, 3.05) is 25.6 Å². The van der Waals surface area contributed by atoms with E-state index >= 15 is 0 Å². The number of aromatic carboxylic acids is 1. The van der Waals surface area contributed by atoms with Crippen LogP contribution in [0.2, 0.25) is 5.02 Å². The molecule has 30 heavy (non-hydrogen) atoms. The maximum absolute atomic E-state index is 12.4. The van der Waals surface area contributed by atoms with Gasteiger partial charge in [0.1, 0.15) is 16.3 Å². The molecule has 0 aliphatic carbocycles. The van der Waals surface area contributed by atoms with E-state index in [0.29, 0.717) is 40.9 Å². The summed E-state index contributed by atoms with van der Waals surface area (Å²) in [6, 6.07) is 4.81. The Bertz CT molecular complexity index is 1150. The van der Waals surface area contributed by atoms with Gasteiger partial charge >= 0.3 is 5.97 Å². The number of hydrogen-bond donors (Lipinski definition) is 2. The lowest BCUT2D eigenvalue weighted by Crippen LogP contribution is -2.29. The van der Waals surface area contributed by atoms with Crippen molar-refractivity contribution in [2.45, 2.75) is 12.6 Å². The fourth-order valence-electron chi connectivity index (χ4n) is 3.29. The number of thiazole rings is 1. The van der Waals surface area contributed by atoms with Crippen LogP contribution in [-0.2, 0) is 4.74 Å². The van der Waals surface area contributed by atoms with E-state index in [1.54, 1.807) is 30.0 Å². The highest BCUT2D eigenvalue weighted by atomic mass is 35.5.